The SMILES string of the molecule is CCCCCCCCCCCCCN1C=CN(C(C)C)C1CCCCCCCCCC. The zero-order valence-electron chi connectivity index (χ0n) is 22.1. The van der Waals surface area contributed by atoms with Gasteiger partial charge in [0.25, 0.3) is 0 Å². The summed E-state index contributed by atoms with van der Waals surface area (Å²) in [4.78, 5) is 5.24. The lowest BCUT2D eigenvalue weighted by Crippen LogP contribution is -2.42. The second kappa shape index (κ2) is 20.0. The van der Waals surface area contributed by atoms with E-state index in [1.807, 2.05) is 0 Å². The highest BCUT2D eigenvalue weighted by molar-refractivity contribution is 4.98. The van der Waals surface area contributed by atoms with Gasteiger partial charge in [0.2, 0.25) is 0 Å². The fourth-order valence-corrected chi connectivity index (χ4v) is 5.01. The fraction of sp³-hybridized carbons (Fsp3) is 0.931. The molecule has 0 aromatic heterocycles. The van der Waals surface area contributed by atoms with E-state index in [1.165, 1.54) is 135 Å². The molecule has 0 aliphatic carbocycles. The van der Waals surface area contributed by atoms with Crippen LogP contribution in [-0.2, 0) is 0 Å². The third kappa shape index (κ3) is 14.2. The molecule has 1 rings (SSSR count). The van der Waals surface area contributed by atoms with Gasteiger partial charge in [0, 0.05) is 25.0 Å². The Balaban J connectivity index is 2.10. The number of nitrogens with zero attached hydrogens (tertiary/aromatic N) is 2. The Kier molecular flexibility index (Phi) is 18.3. The minimum atomic E-state index is 0.609. The summed E-state index contributed by atoms with van der Waals surface area (Å²) >= 11 is 0. The molecule has 2 nitrogen and oxygen atoms in total. The molecule has 1 atom stereocenters. The van der Waals surface area contributed by atoms with Crippen molar-refractivity contribution in [2.45, 2.75) is 168 Å². The highest BCUT2D eigenvalue weighted by Crippen LogP contribution is 2.25. The average Bonchev–Trinajstić information content (AvgIpc) is 3.17. The van der Waals surface area contributed by atoms with Crippen molar-refractivity contribution in [3.63, 3.8) is 0 Å². The van der Waals surface area contributed by atoms with E-state index in [9.17, 15) is 0 Å². The average molecular weight is 435 g/mol. The van der Waals surface area contributed by atoms with Gasteiger partial charge in [0.15, 0.2) is 0 Å². The van der Waals surface area contributed by atoms with Crippen molar-refractivity contribution in [2.24, 2.45) is 0 Å². The molecule has 1 aliphatic heterocycles. The first kappa shape index (κ1) is 28.4. The van der Waals surface area contributed by atoms with Crippen molar-refractivity contribution in [3.05, 3.63) is 12.4 Å². The summed E-state index contributed by atoms with van der Waals surface area (Å²) in [6.45, 7) is 10.5. The molecule has 0 bridgehead atoms. The van der Waals surface area contributed by atoms with Crippen LogP contribution in [0.4, 0.5) is 0 Å². The van der Waals surface area contributed by atoms with Gasteiger partial charge in [0.05, 0.1) is 0 Å². The van der Waals surface area contributed by atoms with Gasteiger partial charge in [-0.3, -0.25) is 0 Å². The van der Waals surface area contributed by atoms with Crippen molar-refractivity contribution >= 4 is 0 Å². The van der Waals surface area contributed by atoms with Crippen LogP contribution >= 0.6 is 0 Å². The van der Waals surface area contributed by atoms with Crippen LogP contribution in [0.25, 0.3) is 0 Å². The molecular formula is C29H58N2. The lowest BCUT2D eigenvalue weighted by atomic mass is 10.0. The monoisotopic (exact) mass is 434 g/mol. The van der Waals surface area contributed by atoms with Gasteiger partial charge in [-0.15, -0.1) is 0 Å². The van der Waals surface area contributed by atoms with E-state index in [-0.39, 0.29) is 0 Å². The zero-order valence-corrected chi connectivity index (χ0v) is 22.1. The van der Waals surface area contributed by atoms with Gasteiger partial charge >= 0.3 is 0 Å². The van der Waals surface area contributed by atoms with Crippen LogP contribution in [0, 0.1) is 0 Å². The standard InChI is InChI=1S/C29H58N2/c1-5-7-9-11-13-15-16-17-19-21-23-25-30-26-27-31(28(3)4)29(30)24-22-20-18-14-12-10-8-6-2/h26-29H,5-25H2,1-4H3. The van der Waals surface area contributed by atoms with E-state index in [2.05, 4.69) is 49.9 Å². The second-order valence-corrected chi connectivity index (χ2v) is 10.4. The topological polar surface area (TPSA) is 6.48 Å². The van der Waals surface area contributed by atoms with Gasteiger partial charge < -0.3 is 9.80 Å². The van der Waals surface area contributed by atoms with Crippen LogP contribution in [0.5, 0.6) is 0 Å². The minimum absolute atomic E-state index is 0.609. The molecule has 2 heteroatoms. The number of rotatable bonds is 22. The molecule has 1 unspecified atom stereocenters. The summed E-state index contributed by atoms with van der Waals surface area (Å²) in [6.07, 6.45) is 33.8. The maximum absolute atomic E-state index is 2.65. The van der Waals surface area contributed by atoms with Gasteiger partial charge in [-0.25, -0.2) is 0 Å². The largest absolute Gasteiger partial charge is 0.356 e. The summed E-state index contributed by atoms with van der Waals surface area (Å²) in [7, 11) is 0. The van der Waals surface area contributed by atoms with Crippen LogP contribution in [0.15, 0.2) is 12.4 Å². The van der Waals surface area contributed by atoms with Crippen molar-refractivity contribution in [1.82, 2.24) is 9.80 Å². The molecule has 31 heavy (non-hydrogen) atoms. The maximum Gasteiger partial charge on any atom is 0.101 e. The van der Waals surface area contributed by atoms with E-state index in [0.717, 1.165) is 0 Å². The first-order valence-electron chi connectivity index (χ1n) is 14.4. The third-order valence-electron chi connectivity index (χ3n) is 7.09. The van der Waals surface area contributed by atoms with E-state index in [4.69, 9.17) is 0 Å². The Bertz CT molecular complexity index is 404. The van der Waals surface area contributed by atoms with E-state index in [1.54, 1.807) is 0 Å². The molecule has 1 aliphatic rings. The molecule has 0 spiro atoms. The number of unbranched alkanes of at least 4 members (excludes halogenated alkanes) is 17. The van der Waals surface area contributed by atoms with Crippen molar-refractivity contribution in [3.8, 4) is 0 Å². The fourth-order valence-electron chi connectivity index (χ4n) is 5.01. The molecule has 0 aromatic carbocycles. The second-order valence-electron chi connectivity index (χ2n) is 10.4. The molecule has 0 saturated carbocycles. The first-order valence-corrected chi connectivity index (χ1v) is 14.4. The number of hydrogen-bond donors (Lipinski definition) is 0. The summed E-state index contributed by atoms with van der Waals surface area (Å²) in [5.74, 6) is 0. The highest BCUT2D eigenvalue weighted by atomic mass is 15.4. The summed E-state index contributed by atoms with van der Waals surface area (Å²) in [5.41, 5.74) is 0. The van der Waals surface area contributed by atoms with E-state index < -0.39 is 0 Å². The van der Waals surface area contributed by atoms with Crippen molar-refractivity contribution in [1.29, 1.82) is 0 Å². The van der Waals surface area contributed by atoms with E-state index >= 15 is 0 Å². The summed E-state index contributed by atoms with van der Waals surface area (Å²) in [5, 5.41) is 0. The number of hydrogen-bond acceptors (Lipinski definition) is 2. The predicted molar refractivity (Wildman–Crippen MR) is 140 cm³/mol. The molecule has 1 heterocycles. The Morgan fingerprint density at radius 3 is 1.42 bits per heavy atom. The molecule has 0 N–H and O–H groups in total. The van der Waals surface area contributed by atoms with Gasteiger partial charge in [0.1, 0.15) is 6.17 Å². The van der Waals surface area contributed by atoms with Crippen LogP contribution in [0.2, 0.25) is 0 Å². The highest BCUT2D eigenvalue weighted by Gasteiger charge is 2.26. The zero-order chi connectivity index (χ0) is 22.6. The van der Waals surface area contributed by atoms with Crippen molar-refractivity contribution in [2.75, 3.05) is 6.54 Å². The summed E-state index contributed by atoms with van der Waals surface area (Å²) < 4.78 is 0. The molecule has 0 aromatic rings. The minimum Gasteiger partial charge on any atom is -0.356 e. The maximum atomic E-state index is 2.65. The molecule has 0 fully saturated rings. The normalized spacial score (nSPS) is 16.2. The van der Waals surface area contributed by atoms with Crippen molar-refractivity contribution < 1.29 is 0 Å². The Labute approximate surface area is 197 Å². The van der Waals surface area contributed by atoms with E-state index in [0.29, 0.717) is 12.2 Å². The van der Waals surface area contributed by atoms with Crippen LogP contribution < -0.4 is 0 Å². The third-order valence-corrected chi connectivity index (χ3v) is 7.09. The summed E-state index contributed by atoms with van der Waals surface area (Å²) in [6, 6.07) is 0.609. The molecular weight excluding hydrogens is 376 g/mol. The molecule has 0 radical (unpaired) electrons. The van der Waals surface area contributed by atoms with Crippen LogP contribution in [0.3, 0.4) is 0 Å². The van der Waals surface area contributed by atoms with Gasteiger partial charge in [-0.1, -0.05) is 123 Å². The Morgan fingerprint density at radius 1 is 0.548 bits per heavy atom. The molecule has 0 amide bonds. The Morgan fingerprint density at radius 2 is 0.968 bits per heavy atom. The van der Waals surface area contributed by atoms with Crippen LogP contribution in [0.1, 0.15) is 156 Å². The smallest absolute Gasteiger partial charge is 0.101 e. The lowest BCUT2D eigenvalue weighted by molar-refractivity contribution is 0.114. The quantitative estimate of drug-likeness (QED) is 0.156. The molecule has 0 saturated heterocycles. The first-order chi connectivity index (χ1) is 15.2. The lowest BCUT2D eigenvalue weighted by Gasteiger charge is -2.35. The molecule has 184 valence electrons. The predicted octanol–water partition coefficient (Wildman–Crippen LogP) is 9.65. The van der Waals surface area contributed by atoms with Gasteiger partial charge in [-0.2, -0.15) is 0 Å². The van der Waals surface area contributed by atoms with Crippen LogP contribution in [-0.4, -0.2) is 28.6 Å². The van der Waals surface area contributed by atoms with Gasteiger partial charge in [-0.05, 0) is 33.1 Å². The Hall–Kier alpha value is -0.660.